The normalized spacial score (nSPS) is 10.8. The van der Waals surface area contributed by atoms with Gasteiger partial charge in [0.15, 0.2) is 0 Å². The summed E-state index contributed by atoms with van der Waals surface area (Å²) in [5.74, 6) is 0. The van der Waals surface area contributed by atoms with E-state index in [4.69, 9.17) is 6.57 Å². The zero-order valence-electron chi connectivity index (χ0n) is 9.30. The van der Waals surface area contributed by atoms with E-state index in [2.05, 4.69) is 4.85 Å². The van der Waals surface area contributed by atoms with Gasteiger partial charge in [-0.3, -0.25) is 0 Å². The summed E-state index contributed by atoms with van der Waals surface area (Å²) in [6.45, 7) is 7.62. The number of benzene rings is 2. The molecule has 2 aromatic carbocycles. The van der Waals surface area contributed by atoms with Crippen LogP contribution in [-0.4, -0.2) is 0 Å². The standard InChI is InChI=1S/C15H14N/c1-15(16-2,13-9-5-3-6-10-13)14-11-7-4-8-12-14/h2-12H,1H3/q+1. The van der Waals surface area contributed by atoms with Crippen LogP contribution in [0.5, 0.6) is 0 Å². The molecule has 1 heteroatoms. The van der Waals surface area contributed by atoms with Crippen molar-refractivity contribution in [3.05, 3.63) is 76.6 Å². The molecule has 0 aliphatic carbocycles. The Bertz CT molecular complexity index is 454. The molecule has 1 nitrogen and oxygen atoms in total. The maximum atomic E-state index is 5.60. The highest BCUT2D eigenvalue weighted by atomic mass is 14.8. The van der Waals surface area contributed by atoms with E-state index in [1.54, 1.807) is 0 Å². The second-order valence-corrected chi connectivity index (χ2v) is 3.93. The summed E-state index contributed by atoms with van der Waals surface area (Å²) in [5.41, 5.74) is 1.73. The van der Waals surface area contributed by atoms with E-state index in [1.807, 2.05) is 67.6 Å². The highest BCUT2D eigenvalue weighted by Gasteiger charge is 2.38. The minimum absolute atomic E-state index is 0.470. The first-order valence-electron chi connectivity index (χ1n) is 5.30. The van der Waals surface area contributed by atoms with E-state index in [1.165, 1.54) is 0 Å². The molecule has 0 saturated heterocycles. The molecule has 0 atom stereocenters. The molecule has 16 heavy (non-hydrogen) atoms. The molecule has 0 spiro atoms. The van der Waals surface area contributed by atoms with E-state index < -0.39 is 5.54 Å². The van der Waals surface area contributed by atoms with Crippen LogP contribution in [0.1, 0.15) is 18.1 Å². The average Bonchev–Trinajstić information content (AvgIpc) is 2.40. The molecule has 0 saturated carbocycles. The zero-order chi connectivity index (χ0) is 11.4. The molecule has 0 bridgehead atoms. The molecule has 0 aromatic heterocycles. The van der Waals surface area contributed by atoms with E-state index in [0.29, 0.717) is 0 Å². The van der Waals surface area contributed by atoms with Crippen molar-refractivity contribution >= 4 is 0 Å². The number of hydrogen-bond donors (Lipinski definition) is 0. The van der Waals surface area contributed by atoms with Gasteiger partial charge in [0, 0.05) is 18.1 Å². The van der Waals surface area contributed by atoms with Gasteiger partial charge in [-0.25, -0.2) is 0 Å². The predicted molar refractivity (Wildman–Crippen MR) is 67.6 cm³/mol. The van der Waals surface area contributed by atoms with Crippen LogP contribution in [0.3, 0.4) is 0 Å². The molecule has 0 aliphatic heterocycles. The molecule has 0 heterocycles. The maximum absolute atomic E-state index is 5.60. The van der Waals surface area contributed by atoms with Crippen LogP contribution >= 0.6 is 0 Å². The molecule has 0 fully saturated rings. The van der Waals surface area contributed by atoms with Gasteiger partial charge < -0.3 is 0 Å². The SMILES string of the molecule is C#[N+]C(C)(c1ccccc1)c1ccccc1. The Morgan fingerprint density at radius 2 is 1.19 bits per heavy atom. The lowest BCUT2D eigenvalue weighted by molar-refractivity contribution is 0.720. The lowest BCUT2D eigenvalue weighted by atomic mass is 9.85. The van der Waals surface area contributed by atoms with Crippen LogP contribution in [0, 0.1) is 6.57 Å². The van der Waals surface area contributed by atoms with Crippen molar-refractivity contribution in [2.45, 2.75) is 12.5 Å². The van der Waals surface area contributed by atoms with E-state index in [-0.39, 0.29) is 0 Å². The molecule has 0 amide bonds. The molecule has 0 unspecified atom stereocenters. The summed E-state index contributed by atoms with van der Waals surface area (Å²) < 4.78 is 0. The topological polar surface area (TPSA) is 4.36 Å². The smallest absolute Gasteiger partial charge is 0.0701 e. The van der Waals surface area contributed by atoms with Gasteiger partial charge in [-0.15, -0.1) is 0 Å². The predicted octanol–water partition coefficient (Wildman–Crippen LogP) is 3.91. The Morgan fingerprint density at radius 3 is 1.50 bits per heavy atom. The average molecular weight is 208 g/mol. The van der Waals surface area contributed by atoms with Crippen molar-refractivity contribution in [2.24, 2.45) is 0 Å². The maximum Gasteiger partial charge on any atom is 0.327 e. The molecule has 2 rings (SSSR count). The van der Waals surface area contributed by atoms with Crippen molar-refractivity contribution < 1.29 is 0 Å². The monoisotopic (exact) mass is 208 g/mol. The Balaban J connectivity index is 2.55. The Morgan fingerprint density at radius 1 is 0.812 bits per heavy atom. The first-order valence-corrected chi connectivity index (χ1v) is 5.30. The summed E-state index contributed by atoms with van der Waals surface area (Å²) in [5, 5.41) is 0. The third-order valence-electron chi connectivity index (χ3n) is 2.93. The second-order valence-electron chi connectivity index (χ2n) is 3.93. The molecule has 0 radical (unpaired) electrons. The van der Waals surface area contributed by atoms with Gasteiger partial charge in [0.25, 0.3) is 6.57 Å². The van der Waals surface area contributed by atoms with E-state index >= 15 is 0 Å². The lowest BCUT2D eigenvalue weighted by Crippen LogP contribution is -2.18. The minimum Gasteiger partial charge on any atom is -0.0701 e. The highest BCUT2D eigenvalue weighted by Crippen LogP contribution is 2.32. The van der Waals surface area contributed by atoms with Gasteiger partial charge in [0.2, 0.25) is 0 Å². The van der Waals surface area contributed by atoms with Crippen LogP contribution in [0.4, 0.5) is 0 Å². The third-order valence-corrected chi connectivity index (χ3v) is 2.93. The molecule has 78 valence electrons. The first kappa shape index (κ1) is 10.4. The van der Waals surface area contributed by atoms with Crippen molar-refractivity contribution in [2.75, 3.05) is 0 Å². The van der Waals surface area contributed by atoms with Crippen molar-refractivity contribution in [3.63, 3.8) is 0 Å². The quantitative estimate of drug-likeness (QED) is 0.704. The summed E-state index contributed by atoms with van der Waals surface area (Å²) in [7, 11) is 0. The molecular formula is C15H14N+. The van der Waals surface area contributed by atoms with Crippen molar-refractivity contribution in [1.29, 1.82) is 0 Å². The third kappa shape index (κ3) is 1.70. The van der Waals surface area contributed by atoms with Gasteiger partial charge in [0.05, 0.1) is 0 Å². The van der Waals surface area contributed by atoms with Crippen LogP contribution < -0.4 is 0 Å². The molecular weight excluding hydrogens is 194 g/mol. The Hall–Kier alpha value is -2.07. The van der Waals surface area contributed by atoms with Crippen LogP contribution in [0.25, 0.3) is 4.85 Å². The fraction of sp³-hybridized carbons (Fsp3) is 0.133. The fourth-order valence-electron chi connectivity index (χ4n) is 1.84. The van der Waals surface area contributed by atoms with Crippen LogP contribution in [0.15, 0.2) is 60.7 Å². The number of nitrogens with zero attached hydrogens (tertiary/aromatic N) is 1. The molecule has 0 N–H and O–H groups in total. The molecule has 2 aromatic rings. The Kier molecular flexibility index (Phi) is 2.74. The highest BCUT2D eigenvalue weighted by molar-refractivity contribution is 5.41. The first-order chi connectivity index (χ1) is 7.77. The second kappa shape index (κ2) is 4.20. The van der Waals surface area contributed by atoms with Gasteiger partial charge in [0.1, 0.15) is 0 Å². The van der Waals surface area contributed by atoms with Gasteiger partial charge in [-0.05, 0) is 0 Å². The minimum atomic E-state index is -0.470. The summed E-state index contributed by atoms with van der Waals surface area (Å²) >= 11 is 0. The lowest BCUT2D eigenvalue weighted by Gasteiger charge is -2.13. The number of hydrogen-bond acceptors (Lipinski definition) is 0. The van der Waals surface area contributed by atoms with Crippen molar-refractivity contribution in [1.82, 2.24) is 0 Å². The summed E-state index contributed by atoms with van der Waals surface area (Å²) in [6.07, 6.45) is 0. The van der Waals surface area contributed by atoms with Gasteiger partial charge in [-0.1, -0.05) is 65.5 Å². The van der Waals surface area contributed by atoms with Crippen LogP contribution in [-0.2, 0) is 5.54 Å². The molecule has 0 aliphatic rings. The van der Waals surface area contributed by atoms with E-state index in [0.717, 1.165) is 11.1 Å². The largest absolute Gasteiger partial charge is 0.327 e. The fourth-order valence-corrected chi connectivity index (χ4v) is 1.84. The summed E-state index contributed by atoms with van der Waals surface area (Å²) in [4.78, 5) is 4.06. The number of rotatable bonds is 2. The Labute approximate surface area is 96.2 Å². The van der Waals surface area contributed by atoms with E-state index in [9.17, 15) is 0 Å². The van der Waals surface area contributed by atoms with Crippen LogP contribution in [0.2, 0.25) is 0 Å². The van der Waals surface area contributed by atoms with Gasteiger partial charge in [-0.2, -0.15) is 0 Å². The van der Waals surface area contributed by atoms with Gasteiger partial charge >= 0.3 is 5.54 Å². The zero-order valence-corrected chi connectivity index (χ0v) is 9.30. The van der Waals surface area contributed by atoms with Crippen molar-refractivity contribution in [3.8, 4) is 6.57 Å². The summed E-state index contributed by atoms with van der Waals surface area (Å²) in [6, 6.07) is 20.2.